The fourth-order valence-corrected chi connectivity index (χ4v) is 2.55. The molecule has 7 heteroatoms. The molecule has 20 heavy (non-hydrogen) atoms. The number of piperidine rings is 1. The molecular formula is C13H16ClN3O3. The van der Waals surface area contributed by atoms with Crippen molar-refractivity contribution in [3.05, 3.63) is 33.3 Å². The van der Waals surface area contributed by atoms with E-state index in [9.17, 15) is 14.9 Å². The first-order valence-electron chi connectivity index (χ1n) is 6.47. The van der Waals surface area contributed by atoms with E-state index < -0.39 is 4.92 Å². The zero-order valence-electron chi connectivity index (χ0n) is 11.1. The molecule has 1 aromatic rings. The Labute approximate surface area is 121 Å². The lowest BCUT2D eigenvalue weighted by Gasteiger charge is -2.28. The van der Waals surface area contributed by atoms with Crippen LogP contribution in [0, 0.1) is 16.0 Å². The maximum Gasteiger partial charge on any atom is 0.292 e. The van der Waals surface area contributed by atoms with Gasteiger partial charge in [0.1, 0.15) is 5.69 Å². The molecule has 0 saturated carbocycles. The highest BCUT2D eigenvalue weighted by atomic mass is 35.5. The summed E-state index contributed by atoms with van der Waals surface area (Å²) in [6.45, 7) is 2.77. The number of nitro groups is 1. The Bertz CT molecular complexity index is 536. The first-order chi connectivity index (χ1) is 9.49. The third-order valence-corrected chi connectivity index (χ3v) is 3.70. The van der Waals surface area contributed by atoms with Gasteiger partial charge in [-0.1, -0.05) is 18.5 Å². The molecule has 0 spiro atoms. The third kappa shape index (κ3) is 3.26. The fraction of sp³-hybridized carbons (Fsp3) is 0.462. The highest BCUT2D eigenvalue weighted by Gasteiger charge is 2.28. The van der Waals surface area contributed by atoms with Crippen LogP contribution < -0.4 is 10.6 Å². The van der Waals surface area contributed by atoms with Crippen LogP contribution in [0.25, 0.3) is 0 Å². The van der Waals surface area contributed by atoms with Gasteiger partial charge in [-0.3, -0.25) is 14.9 Å². The largest absolute Gasteiger partial charge is 0.319 e. The maximum atomic E-state index is 12.2. The van der Waals surface area contributed by atoms with E-state index in [0.717, 1.165) is 19.4 Å². The SMILES string of the molecule is CC1CCCNC1C(=O)Nc1cc(Cl)ccc1[N+](=O)[O-]. The van der Waals surface area contributed by atoms with E-state index in [-0.39, 0.29) is 29.2 Å². The zero-order valence-corrected chi connectivity index (χ0v) is 11.8. The van der Waals surface area contributed by atoms with Gasteiger partial charge < -0.3 is 10.6 Å². The Morgan fingerprint density at radius 1 is 1.55 bits per heavy atom. The van der Waals surface area contributed by atoms with Gasteiger partial charge in [-0.2, -0.15) is 0 Å². The molecule has 1 amide bonds. The number of hydrogen-bond acceptors (Lipinski definition) is 4. The molecule has 0 aliphatic carbocycles. The molecule has 1 heterocycles. The normalized spacial score (nSPS) is 22.3. The van der Waals surface area contributed by atoms with Gasteiger partial charge in [0.05, 0.1) is 11.0 Å². The molecule has 1 saturated heterocycles. The van der Waals surface area contributed by atoms with E-state index in [1.54, 1.807) is 0 Å². The quantitative estimate of drug-likeness (QED) is 0.663. The van der Waals surface area contributed by atoms with Crippen molar-refractivity contribution in [3.8, 4) is 0 Å². The number of amides is 1. The van der Waals surface area contributed by atoms with Gasteiger partial charge in [-0.25, -0.2) is 0 Å². The Balaban J connectivity index is 2.18. The molecule has 1 aromatic carbocycles. The van der Waals surface area contributed by atoms with Crippen LogP contribution in [0.3, 0.4) is 0 Å². The van der Waals surface area contributed by atoms with Gasteiger partial charge in [0.25, 0.3) is 5.69 Å². The summed E-state index contributed by atoms with van der Waals surface area (Å²) in [7, 11) is 0. The Hall–Kier alpha value is -1.66. The van der Waals surface area contributed by atoms with Crippen molar-refractivity contribution in [3.63, 3.8) is 0 Å². The van der Waals surface area contributed by atoms with Crippen molar-refractivity contribution < 1.29 is 9.72 Å². The summed E-state index contributed by atoms with van der Waals surface area (Å²) in [5.74, 6) is -0.0652. The minimum absolute atomic E-state index is 0.132. The number of rotatable bonds is 3. The second kappa shape index (κ2) is 6.19. The zero-order chi connectivity index (χ0) is 14.7. The minimum atomic E-state index is -0.538. The van der Waals surface area contributed by atoms with E-state index in [1.165, 1.54) is 18.2 Å². The van der Waals surface area contributed by atoms with Crippen LogP contribution >= 0.6 is 11.6 Å². The van der Waals surface area contributed by atoms with Crippen LogP contribution in [0.5, 0.6) is 0 Å². The predicted octanol–water partition coefficient (Wildman–Crippen LogP) is 2.57. The molecule has 1 fully saturated rings. The first kappa shape index (κ1) is 14.7. The predicted molar refractivity (Wildman–Crippen MR) is 76.9 cm³/mol. The number of anilines is 1. The standard InChI is InChI=1S/C13H16ClN3O3/c1-8-3-2-6-15-12(8)13(18)16-10-7-9(14)4-5-11(10)17(19)20/h4-5,7-8,12,15H,2-3,6H2,1H3,(H,16,18). The minimum Gasteiger partial charge on any atom is -0.319 e. The summed E-state index contributed by atoms with van der Waals surface area (Å²) < 4.78 is 0. The van der Waals surface area contributed by atoms with Gasteiger partial charge in [-0.05, 0) is 37.4 Å². The number of nitrogens with one attached hydrogen (secondary N) is 2. The maximum absolute atomic E-state index is 12.2. The van der Waals surface area contributed by atoms with E-state index in [4.69, 9.17) is 11.6 Å². The summed E-state index contributed by atoms with van der Waals surface area (Å²) >= 11 is 5.83. The van der Waals surface area contributed by atoms with Crippen molar-refractivity contribution in [1.82, 2.24) is 5.32 Å². The molecule has 0 bridgehead atoms. The van der Waals surface area contributed by atoms with Crippen LogP contribution in [0.2, 0.25) is 5.02 Å². The summed E-state index contributed by atoms with van der Waals surface area (Å²) in [6.07, 6.45) is 1.99. The van der Waals surface area contributed by atoms with Crippen LogP contribution in [-0.2, 0) is 4.79 Å². The van der Waals surface area contributed by atoms with Crippen molar-refractivity contribution in [2.45, 2.75) is 25.8 Å². The summed E-state index contributed by atoms with van der Waals surface area (Å²) in [5.41, 5.74) is -0.0294. The van der Waals surface area contributed by atoms with Crippen molar-refractivity contribution >= 4 is 28.9 Å². The molecule has 1 aliphatic rings. The average Bonchev–Trinajstić information content (AvgIpc) is 2.38. The van der Waals surface area contributed by atoms with Gasteiger partial charge in [0.2, 0.25) is 5.91 Å². The number of nitro benzene ring substituents is 1. The lowest BCUT2D eigenvalue weighted by Crippen LogP contribution is -2.48. The monoisotopic (exact) mass is 297 g/mol. The number of carbonyl (C=O) groups is 1. The Morgan fingerprint density at radius 2 is 2.30 bits per heavy atom. The van der Waals surface area contributed by atoms with Crippen molar-refractivity contribution in [1.29, 1.82) is 0 Å². The highest BCUT2D eigenvalue weighted by molar-refractivity contribution is 6.31. The second-order valence-electron chi connectivity index (χ2n) is 4.96. The third-order valence-electron chi connectivity index (χ3n) is 3.47. The van der Waals surface area contributed by atoms with E-state index in [0.29, 0.717) is 5.02 Å². The molecular weight excluding hydrogens is 282 g/mol. The van der Waals surface area contributed by atoms with Crippen LogP contribution in [-0.4, -0.2) is 23.4 Å². The number of hydrogen-bond donors (Lipinski definition) is 2. The molecule has 2 N–H and O–H groups in total. The van der Waals surface area contributed by atoms with Crippen LogP contribution in [0.15, 0.2) is 18.2 Å². The van der Waals surface area contributed by atoms with E-state index in [1.807, 2.05) is 6.92 Å². The van der Waals surface area contributed by atoms with Crippen molar-refractivity contribution in [2.24, 2.45) is 5.92 Å². The van der Waals surface area contributed by atoms with Gasteiger partial charge in [0, 0.05) is 11.1 Å². The molecule has 1 aliphatic heterocycles. The smallest absolute Gasteiger partial charge is 0.292 e. The Kier molecular flexibility index (Phi) is 4.57. The first-order valence-corrected chi connectivity index (χ1v) is 6.85. The van der Waals surface area contributed by atoms with Crippen LogP contribution in [0.1, 0.15) is 19.8 Å². The molecule has 6 nitrogen and oxygen atoms in total. The van der Waals surface area contributed by atoms with Gasteiger partial charge in [-0.15, -0.1) is 0 Å². The molecule has 2 atom stereocenters. The topological polar surface area (TPSA) is 84.3 Å². The second-order valence-corrected chi connectivity index (χ2v) is 5.40. The van der Waals surface area contributed by atoms with E-state index >= 15 is 0 Å². The molecule has 2 rings (SSSR count). The summed E-state index contributed by atoms with van der Waals surface area (Å²) in [5, 5.41) is 17.0. The lowest BCUT2D eigenvalue weighted by molar-refractivity contribution is -0.383. The summed E-state index contributed by atoms with van der Waals surface area (Å²) in [6, 6.07) is 3.78. The number of carbonyl (C=O) groups excluding carboxylic acids is 1. The fourth-order valence-electron chi connectivity index (χ4n) is 2.38. The van der Waals surface area contributed by atoms with E-state index in [2.05, 4.69) is 10.6 Å². The van der Waals surface area contributed by atoms with Gasteiger partial charge >= 0.3 is 0 Å². The highest BCUT2D eigenvalue weighted by Crippen LogP contribution is 2.28. The lowest BCUT2D eigenvalue weighted by atomic mass is 9.92. The number of halogens is 1. The Morgan fingerprint density at radius 3 is 2.95 bits per heavy atom. The molecule has 2 unspecified atom stereocenters. The number of benzene rings is 1. The number of nitrogens with zero attached hydrogens (tertiary/aromatic N) is 1. The molecule has 0 radical (unpaired) electrons. The average molecular weight is 298 g/mol. The van der Waals surface area contributed by atoms with Gasteiger partial charge in [0.15, 0.2) is 0 Å². The summed E-state index contributed by atoms with van der Waals surface area (Å²) in [4.78, 5) is 22.6. The van der Waals surface area contributed by atoms with Crippen molar-refractivity contribution in [2.75, 3.05) is 11.9 Å². The molecule has 0 aromatic heterocycles. The van der Waals surface area contributed by atoms with Crippen LogP contribution in [0.4, 0.5) is 11.4 Å². The molecule has 108 valence electrons.